The summed E-state index contributed by atoms with van der Waals surface area (Å²) in [6, 6.07) is 7.37. The van der Waals surface area contributed by atoms with E-state index in [2.05, 4.69) is 0 Å². The lowest BCUT2D eigenvalue weighted by Crippen LogP contribution is -2.24. The summed E-state index contributed by atoms with van der Waals surface area (Å²) in [6.45, 7) is 1.90. The summed E-state index contributed by atoms with van der Waals surface area (Å²) in [6.07, 6.45) is 1.89. The second-order valence-electron chi connectivity index (χ2n) is 1.98. The number of benzene rings is 1. The predicted molar refractivity (Wildman–Crippen MR) is 40.6 cm³/mol. The average molecular weight is 132 g/mol. The van der Waals surface area contributed by atoms with Gasteiger partial charge in [0.1, 0.15) is 5.94 Å². The molecule has 0 aliphatic carbocycles. The second kappa shape index (κ2) is 3.00. The number of carbonyl (C=O) groups excluding carboxylic acids is 1. The molecule has 0 heterocycles. The zero-order valence-corrected chi connectivity index (χ0v) is 5.79. The van der Waals surface area contributed by atoms with Crippen LogP contribution >= 0.6 is 0 Å². The fourth-order valence-corrected chi connectivity index (χ4v) is 0.842. The van der Waals surface area contributed by atoms with Crippen LogP contribution in [0.4, 0.5) is 0 Å². The molecule has 1 aromatic rings. The van der Waals surface area contributed by atoms with Gasteiger partial charge < -0.3 is 0 Å². The molecule has 1 aromatic carbocycles. The molecule has 0 saturated carbocycles. The predicted octanol–water partition coefficient (Wildman–Crippen LogP) is -0.00980. The highest BCUT2D eigenvalue weighted by molar-refractivity contribution is 5.47. The molecule has 0 unspecified atom stereocenters. The third kappa shape index (κ3) is 1.15. The summed E-state index contributed by atoms with van der Waals surface area (Å²) >= 11 is 0. The summed E-state index contributed by atoms with van der Waals surface area (Å²) in [7, 11) is 0. The van der Waals surface area contributed by atoms with Crippen LogP contribution in [0.1, 0.15) is 6.92 Å². The quantitative estimate of drug-likeness (QED) is 0.485. The maximum absolute atomic E-state index is 10.2. The number of hydrogen-bond acceptors (Lipinski definition) is 1. The van der Waals surface area contributed by atoms with Crippen LogP contribution < -0.4 is 10.4 Å². The summed E-state index contributed by atoms with van der Waals surface area (Å²) in [5, 5.41) is 1.57. The largest absolute Gasteiger partial charge is 0.233 e. The summed E-state index contributed by atoms with van der Waals surface area (Å²) in [5.41, 5.74) is 0. The lowest BCUT2D eigenvalue weighted by molar-refractivity contribution is 0.567. The average Bonchev–Trinajstić information content (AvgIpc) is 2.04. The van der Waals surface area contributed by atoms with Crippen LogP contribution in [0.5, 0.6) is 0 Å². The minimum Gasteiger partial charge on any atom is -0.233 e. The maximum Gasteiger partial charge on any atom is 0.133 e. The Morgan fingerprint density at radius 1 is 1.40 bits per heavy atom. The van der Waals surface area contributed by atoms with Crippen molar-refractivity contribution >= 4 is 12.0 Å². The van der Waals surface area contributed by atoms with Crippen molar-refractivity contribution in [2.24, 2.45) is 0 Å². The molecule has 0 atom stereocenters. The first-order valence-electron chi connectivity index (χ1n) is 3.15. The maximum atomic E-state index is 10.2. The highest BCUT2D eigenvalue weighted by atomic mass is 16.1. The molecule has 0 amide bonds. The van der Waals surface area contributed by atoms with E-state index in [0.717, 1.165) is 5.22 Å². The first kappa shape index (κ1) is 6.79. The summed E-state index contributed by atoms with van der Waals surface area (Å²) in [5.74, 6) is 1.87. The van der Waals surface area contributed by atoms with Gasteiger partial charge in [0.25, 0.3) is 0 Å². The minimum atomic E-state index is 0.630. The fraction of sp³-hybridized carbons (Fsp3) is 0.111. The molecule has 0 aliphatic rings. The smallest absolute Gasteiger partial charge is 0.133 e. The molecular formula is C9H8O. The van der Waals surface area contributed by atoms with E-state index < -0.39 is 0 Å². The normalized spacial score (nSPS) is 11.1. The highest BCUT2D eigenvalue weighted by Crippen LogP contribution is 1.68. The molecule has 1 nitrogen and oxygen atoms in total. The molecule has 0 saturated heterocycles. The van der Waals surface area contributed by atoms with Gasteiger partial charge in [0.05, 0.1) is 5.22 Å². The van der Waals surface area contributed by atoms with Gasteiger partial charge in [-0.05, 0) is 18.2 Å². The van der Waals surface area contributed by atoms with Gasteiger partial charge in [-0.1, -0.05) is 24.3 Å². The van der Waals surface area contributed by atoms with Crippen LogP contribution in [-0.2, 0) is 4.79 Å². The zero-order chi connectivity index (χ0) is 7.40. The molecule has 0 bridgehead atoms. The van der Waals surface area contributed by atoms with Crippen molar-refractivity contribution in [1.29, 1.82) is 0 Å². The highest BCUT2D eigenvalue weighted by Gasteiger charge is 1.78. The van der Waals surface area contributed by atoms with Crippen molar-refractivity contribution in [3.8, 4) is 0 Å². The Morgan fingerprint density at radius 2 is 2.10 bits per heavy atom. The van der Waals surface area contributed by atoms with Crippen LogP contribution in [0.15, 0.2) is 24.3 Å². The lowest BCUT2D eigenvalue weighted by atomic mass is 10.2. The first-order chi connectivity index (χ1) is 4.88. The lowest BCUT2D eigenvalue weighted by Gasteiger charge is -1.81. The zero-order valence-electron chi connectivity index (χ0n) is 5.79. The van der Waals surface area contributed by atoms with Crippen LogP contribution in [-0.4, -0.2) is 5.94 Å². The van der Waals surface area contributed by atoms with E-state index in [4.69, 9.17) is 0 Å². The van der Waals surface area contributed by atoms with Gasteiger partial charge in [-0.15, -0.1) is 0 Å². The summed E-state index contributed by atoms with van der Waals surface area (Å²) in [4.78, 5) is 10.2. The fourth-order valence-electron chi connectivity index (χ4n) is 0.842. The van der Waals surface area contributed by atoms with Gasteiger partial charge in [-0.3, -0.25) is 0 Å². The van der Waals surface area contributed by atoms with E-state index >= 15 is 0 Å². The van der Waals surface area contributed by atoms with Crippen molar-refractivity contribution in [3.63, 3.8) is 0 Å². The van der Waals surface area contributed by atoms with Crippen molar-refractivity contribution in [2.45, 2.75) is 6.92 Å². The van der Waals surface area contributed by atoms with Crippen LogP contribution in [0, 0.1) is 0 Å². The van der Waals surface area contributed by atoms with Gasteiger partial charge in [-0.2, -0.15) is 0 Å². The van der Waals surface area contributed by atoms with E-state index in [1.165, 1.54) is 0 Å². The Kier molecular flexibility index (Phi) is 2.03. The molecule has 1 rings (SSSR count). The molecule has 10 heavy (non-hydrogen) atoms. The third-order valence-corrected chi connectivity index (χ3v) is 1.38. The standard InChI is InChI=1S/C9H8O/c1-2-8-5-3-4-6-9(8)7-10/h2-6H,1H3/b8-2-. The van der Waals surface area contributed by atoms with Gasteiger partial charge in [-0.25, -0.2) is 4.79 Å². The topological polar surface area (TPSA) is 17.1 Å². The molecule has 0 aliphatic heterocycles. The van der Waals surface area contributed by atoms with Crippen molar-refractivity contribution in [1.82, 2.24) is 0 Å². The van der Waals surface area contributed by atoms with Crippen molar-refractivity contribution < 1.29 is 4.79 Å². The molecule has 0 radical (unpaired) electrons. The van der Waals surface area contributed by atoms with E-state index in [-0.39, 0.29) is 0 Å². The first-order valence-corrected chi connectivity index (χ1v) is 3.15. The van der Waals surface area contributed by atoms with E-state index in [0.29, 0.717) is 5.22 Å². The molecular weight excluding hydrogens is 124 g/mol. The van der Waals surface area contributed by atoms with Crippen molar-refractivity contribution in [2.75, 3.05) is 0 Å². The number of hydrogen-bond donors (Lipinski definition) is 0. The molecule has 0 spiro atoms. The molecule has 0 aromatic heterocycles. The summed E-state index contributed by atoms with van der Waals surface area (Å²) < 4.78 is 0. The molecule has 0 N–H and O–H groups in total. The third-order valence-electron chi connectivity index (χ3n) is 1.38. The van der Waals surface area contributed by atoms with E-state index in [9.17, 15) is 4.79 Å². The van der Waals surface area contributed by atoms with Gasteiger partial charge in [0.2, 0.25) is 0 Å². The van der Waals surface area contributed by atoms with Crippen LogP contribution in [0.2, 0.25) is 0 Å². The van der Waals surface area contributed by atoms with Crippen LogP contribution in [0.3, 0.4) is 0 Å². The Balaban J connectivity index is 3.70. The monoisotopic (exact) mass is 132 g/mol. The van der Waals surface area contributed by atoms with Crippen LogP contribution in [0.25, 0.3) is 6.08 Å². The Morgan fingerprint density at radius 3 is 2.60 bits per heavy atom. The van der Waals surface area contributed by atoms with E-state index in [1.54, 1.807) is 6.07 Å². The Labute approximate surface area is 59.3 Å². The Hall–Kier alpha value is -1.33. The van der Waals surface area contributed by atoms with Gasteiger partial charge >= 0.3 is 0 Å². The van der Waals surface area contributed by atoms with Gasteiger partial charge in [0, 0.05) is 0 Å². The van der Waals surface area contributed by atoms with E-state index in [1.807, 2.05) is 37.1 Å². The molecule has 50 valence electrons. The Bertz CT molecular complexity index is 345. The van der Waals surface area contributed by atoms with Gasteiger partial charge in [0.15, 0.2) is 0 Å². The van der Waals surface area contributed by atoms with Crippen molar-refractivity contribution in [3.05, 3.63) is 34.7 Å². The SMILES string of the molecule is C/C=c1/ccccc1=C=O. The number of rotatable bonds is 0. The second-order valence-corrected chi connectivity index (χ2v) is 1.98. The molecule has 1 heteroatoms. The minimum absolute atomic E-state index is 0.630. The molecule has 0 fully saturated rings.